The molecule has 9 heavy (non-hydrogen) atoms. The van der Waals surface area contributed by atoms with Gasteiger partial charge in [0.2, 0.25) is 0 Å². The van der Waals surface area contributed by atoms with Gasteiger partial charge in [0.25, 0.3) is 0 Å². The molecule has 0 bridgehead atoms. The number of rotatable bonds is 2. The third-order valence-corrected chi connectivity index (χ3v) is 1.08. The molecular formula is C7H13NO. The Morgan fingerprint density at radius 2 is 2.33 bits per heavy atom. The Bertz CT molecular complexity index is 135. The van der Waals surface area contributed by atoms with Gasteiger partial charge in [-0.25, -0.2) is 0 Å². The molecule has 1 aromatic rings. The summed E-state index contributed by atoms with van der Waals surface area (Å²) < 4.78 is 5.07. The van der Waals surface area contributed by atoms with E-state index in [0.29, 0.717) is 0 Å². The van der Waals surface area contributed by atoms with Crippen LogP contribution >= 0.6 is 0 Å². The van der Waals surface area contributed by atoms with Crippen molar-refractivity contribution >= 4 is 0 Å². The summed E-state index contributed by atoms with van der Waals surface area (Å²) in [5.41, 5.74) is 0. The standard InChI is InChI=1S/C7H10O.H3N/c1-2-4-7-5-3-6-8-7;/h3,5-6H,2,4H2,1H3;1H3. The van der Waals surface area contributed by atoms with E-state index < -0.39 is 0 Å². The molecule has 0 radical (unpaired) electrons. The summed E-state index contributed by atoms with van der Waals surface area (Å²) in [5, 5.41) is 0. The lowest BCUT2D eigenvalue weighted by molar-refractivity contribution is 0.506. The van der Waals surface area contributed by atoms with Crippen molar-refractivity contribution in [1.82, 2.24) is 6.15 Å². The van der Waals surface area contributed by atoms with Crippen LogP contribution in [0.5, 0.6) is 0 Å². The summed E-state index contributed by atoms with van der Waals surface area (Å²) in [5.74, 6) is 1.09. The lowest BCUT2D eigenvalue weighted by atomic mass is 10.3. The van der Waals surface area contributed by atoms with Gasteiger partial charge in [-0.2, -0.15) is 0 Å². The lowest BCUT2D eigenvalue weighted by Gasteiger charge is -1.85. The largest absolute Gasteiger partial charge is 0.469 e. The molecule has 1 rings (SSSR count). The average molecular weight is 127 g/mol. The fraction of sp³-hybridized carbons (Fsp3) is 0.429. The van der Waals surface area contributed by atoms with Gasteiger partial charge in [0.05, 0.1) is 6.26 Å². The fourth-order valence-electron chi connectivity index (χ4n) is 0.701. The van der Waals surface area contributed by atoms with E-state index >= 15 is 0 Å². The highest BCUT2D eigenvalue weighted by molar-refractivity contribution is 4.97. The van der Waals surface area contributed by atoms with Crippen LogP contribution in [-0.2, 0) is 6.42 Å². The molecule has 2 nitrogen and oxygen atoms in total. The van der Waals surface area contributed by atoms with Crippen molar-refractivity contribution in [3.8, 4) is 0 Å². The van der Waals surface area contributed by atoms with Crippen molar-refractivity contribution in [2.45, 2.75) is 19.8 Å². The molecule has 3 N–H and O–H groups in total. The minimum absolute atomic E-state index is 0. The zero-order valence-electron chi connectivity index (χ0n) is 5.76. The molecule has 0 spiro atoms. The van der Waals surface area contributed by atoms with Crippen LogP contribution in [0.2, 0.25) is 0 Å². The molecular weight excluding hydrogens is 114 g/mol. The first-order chi connectivity index (χ1) is 3.93. The first kappa shape index (κ1) is 8.24. The first-order valence-electron chi connectivity index (χ1n) is 2.96. The van der Waals surface area contributed by atoms with E-state index in [1.165, 1.54) is 0 Å². The Balaban J connectivity index is 0.000000640. The summed E-state index contributed by atoms with van der Waals surface area (Å²) in [6, 6.07) is 3.93. The maximum Gasteiger partial charge on any atom is 0.103 e. The maximum absolute atomic E-state index is 5.07. The quantitative estimate of drug-likeness (QED) is 0.663. The predicted octanol–water partition coefficient (Wildman–Crippen LogP) is 2.39. The molecule has 2 heteroatoms. The SMILES string of the molecule is CCCc1ccco1.N. The van der Waals surface area contributed by atoms with Crippen LogP contribution in [0.1, 0.15) is 19.1 Å². The van der Waals surface area contributed by atoms with Crippen LogP contribution in [0.25, 0.3) is 0 Å². The molecule has 0 unspecified atom stereocenters. The number of hydrogen-bond acceptors (Lipinski definition) is 2. The Morgan fingerprint density at radius 1 is 1.56 bits per heavy atom. The molecule has 0 fully saturated rings. The second-order valence-corrected chi connectivity index (χ2v) is 1.83. The fourth-order valence-corrected chi connectivity index (χ4v) is 0.701. The first-order valence-corrected chi connectivity index (χ1v) is 2.96. The van der Waals surface area contributed by atoms with Crippen molar-refractivity contribution in [2.24, 2.45) is 0 Å². The van der Waals surface area contributed by atoms with Gasteiger partial charge >= 0.3 is 0 Å². The number of furan rings is 1. The highest BCUT2D eigenvalue weighted by Crippen LogP contribution is 2.01. The van der Waals surface area contributed by atoms with E-state index in [0.717, 1.165) is 18.6 Å². The monoisotopic (exact) mass is 127 g/mol. The third-order valence-electron chi connectivity index (χ3n) is 1.08. The van der Waals surface area contributed by atoms with Crippen molar-refractivity contribution in [3.63, 3.8) is 0 Å². The van der Waals surface area contributed by atoms with E-state index in [2.05, 4.69) is 6.92 Å². The molecule has 0 saturated carbocycles. The van der Waals surface area contributed by atoms with Gasteiger partial charge < -0.3 is 10.6 Å². The Hall–Kier alpha value is -0.760. The minimum atomic E-state index is 0. The molecule has 0 aromatic carbocycles. The smallest absolute Gasteiger partial charge is 0.103 e. The van der Waals surface area contributed by atoms with Crippen LogP contribution in [0.4, 0.5) is 0 Å². The lowest BCUT2D eigenvalue weighted by Crippen LogP contribution is -1.73. The summed E-state index contributed by atoms with van der Waals surface area (Å²) >= 11 is 0. The Labute approximate surface area is 55.5 Å². The van der Waals surface area contributed by atoms with E-state index in [9.17, 15) is 0 Å². The second-order valence-electron chi connectivity index (χ2n) is 1.83. The Morgan fingerprint density at radius 3 is 2.78 bits per heavy atom. The molecule has 0 aliphatic rings. The molecule has 0 atom stereocenters. The molecule has 0 aliphatic heterocycles. The van der Waals surface area contributed by atoms with Crippen molar-refractivity contribution < 1.29 is 4.42 Å². The molecule has 0 amide bonds. The van der Waals surface area contributed by atoms with Gasteiger partial charge in [0.1, 0.15) is 5.76 Å². The van der Waals surface area contributed by atoms with Gasteiger partial charge in [-0.15, -0.1) is 0 Å². The third kappa shape index (κ3) is 2.33. The van der Waals surface area contributed by atoms with Crippen LogP contribution in [-0.4, -0.2) is 0 Å². The van der Waals surface area contributed by atoms with Gasteiger partial charge in [-0.3, -0.25) is 0 Å². The summed E-state index contributed by atoms with van der Waals surface area (Å²) in [6.45, 7) is 2.14. The second kappa shape index (κ2) is 4.15. The van der Waals surface area contributed by atoms with E-state index in [4.69, 9.17) is 4.42 Å². The van der Waals surface area contributed by atoms with Crippen molar-refractivity contribution in [2.75, 3.05) is 0 Å². The van der Waals surface area contributed by atoms with Gasteiger partial charge in [-0.05, 0) is 18.6 Å². The van der Waals surface area contributed by atoms with Crippen LogP contribution in [0, 0.1) is 0 Å². The van der Waals surface area contributed by atoms with E-state index in [1.807, 2.05) is 12.1 Å². The zero-order valence-corrected chi connectivity index (χ0v) is 5.76. The molecule has 1 aromatic heterocycles. The van der Waals surface area contributed by atoms with Crippen molar-refractivity contribution in [3.05, 3.63) is 24.2 Å². The molecule has 0 aliphatic carbocycles. The Kier molecular flexibility index (Phi) is 3.80. The van der Waals surface area contributed by atoms with Crippen LogP contribution in [0.3, 0.4) is 0 Å². The van der Waals surface area contributed by atoms with Gasteiger partial charge in [0, 0.05) is 6.42 Å². The topological polar surface area (TPSA) is 48.1 Å². The summed E-state index contributed by atoms with van der Waals surface area (Å²) in [6.07, 6.45) is 3.94. The van der Waals surface area contributed by atoms with Crippen molar-refractivity contribution in [1.29, 1.82) is 0 Å². The minimum Gasteiger partial charge on any atom is -0.469 e. The van der Waals surface area contributed by atoms with Crippen LogP contribution < -0.4 is 6.15 Å². The zero-order chi connectivity index (χ0) is 5.82. The predicted molar refractivity (Wildman–Crippen MR) is 37.7 cm³/mol. The van der Waals surface area contributed by atoms with Crippen LogP contribution in [0.15, 0.2) is 22.8 Å². The summed E-state index contributed by atoms with van der Waals surface area (Å²) in [4.78, 5) is 0. The molecule has 0 saturated heterocycles. The normalized spacial score (nSPS) is 8.56. The number of hydrogen-bond donors (Lipinski definition) is 1. The maximum atomic E-state index is 5.07. The summed E-state index contributed by atoms with van der Waals surface area (Å²) in [7, 11) is 0. The highest BCUT2D eigenvalue weighted by Gasteiger charge is 1.88. The van der Waals surface area contributed by atoms with E-state index in [1.54, 1.807) is 6.26 Å². The number of aryl methyl sites for hydroxylation is 1. The van der Waals surface area contributed by atoms with Gasteiger partial charge in [0.15, 0.2) is 0 Å². The highest BCUT2D eigenvalue weighted by atomic mass is 16.3. The molecule has 52 valence electrons. The van der Waals surface area contributed by atoms with E-state index in [-0.39, 0.29) is 6.15 Å². The average Bonchev–Trinajstić information content (AvgIpc) is 2.19. The molecule has 1 heterocycles. The van der Waals surface area contributed by atoms with Gasteiger partial charge in [-0.1, -0.05) is 6.92 Å².